The number of hydrogen-bond donors (Lipinski definition) is 1. The number of amides is 1. The van der Waals surface area contributed by atoms with Crippen LogP contribution in [-0.4, -0.2) is 27.5 Å². The number of nitrogens with zero attached hydrogens (tertiary/aromatic N) is 2. The van der Waals surface area contributed by atoms with Gasteiger partial charge in [0.25, 0.3) is 5.91 Å². The fourth-order valence-electron chi connectivity index (χ4n) is 6.77. The van der Waals surface area contributed by atoms with E-state index in [4.69, 9.17) is 4.74 Å². The molecular formula is C34H34F3N3O3. The molecule has 2 saturated carbocycles. The van der Waals surface area contributed by atoms with Crippen LogP contribution in [0.3, 0.4) is 0 Å². The molecular weight excluding hydrogens is 555 g/mol. The number of nitrogens with one attached hydrogen (secondary N) is 1. The van der Waals surface area contributed by atoms with Gasteiger partial charge < -0.3 is 14.6 Å². The molecule has 1 N–H and O–H groups in total. The molecule has 1 amide bonds. The van der Waals surface area contributed by atoms with E-state index >= 15 is 0 Å². The smallest absolute Gasteiger partial charge is 0.416 e. The first-order valence-corrected chi connectivity index (χ1v) is 14.7. The Hall–Kier alpha value is -4.14. The monoisotopic (exact) mass is 589 g/mol. The van der Waals surface area contributed by atoms with Gasteiger partial charge >= 0.3 is 12.1 Å². The van der Waals surface area contributed by atoms with Gasteiger partial charge in [-0.15, -0.1) is 0 Å². The highest BCUT2D eigenvalue weighted by Crippen LogP contribution is 2.59. The lowest BCUT2D eigenvalue weighted by Gasteiger charge is -2.57. The zero-order chi connectivity index (χ0) is 30.4. The average Bonchev–Trinajstić information content (AvgIpc) is 3.33. The number of halogens is 3. The molecule has 0 aliphatic heterocycles. The van der Waals surface area contributed by atoms with Crippen LogP contribution in [0.2, 0.25) is 0 Å². The van der Waals surface area contributed by atoms with Crippen LogP contribution in [0, 0.1) is 11.3 Å². The van der Waals surface area contributed by atoms with E-state index in [1.807, 2.05) is 54.8 Å². The second kappa shape index (κ2) is 11.2. The highest BCUT2D eigenvalue weighted by atomic mass is 19.4. The summed E-state index contributed by atoms with van der Waals surface area (Å²) in [4.78, 5) is 30.8. The Labute approximate surface area is 248 Å². The van der Waals surface area contributed by atoms with Gasteiger partial charge in [0.15, 0.2) is 0 Å². The van der Waals surface area contributed by atoms with Gasteiger partial charge in [0.05, 0.1) is 17.0 Å². The number of aromatic nitrogens is 2. The van der Waals surface area contributed by atoms with Crippen molar-refractivity contribution in [3.63, 3.8) is 0 Å². The van der Waals surface area contributed by atoms with Crippen molar-refractivity contribution in [1.82, 2.24) is 14.9 Å². The van der Waals surface area contributed by atoms with Crippen molar-refractivity contribution in [2.24, 2.45) is 11.3 Å². The molecule has 2 heterocycles. The summed E-state index contributed by atoms with van der Waals surface area (Å²) in [5.74, 6) is -0.454. The molecule has 6 rings (SSSR count). The molecule has 2 aromatic carbocycles. The van der Waals surface area contributed by atoms with E-state index in [1.54, 1.807) is 12.4 Å². The van der Waals surface area contributed by atoms with Crippen molar-refractivity contribution < 1.29 is 27.5 Å². The van der Waals surface area contributed by atoms with Gasteiger partial charge in [0, 0.05) is 30.4 Å². The SMILES string of the molecule is CCn1cc(C(=O)NC2CC3(C2)CC(C(=O)O[C@@H](C)c2ccccc2)C3)c2c(Cc3ccc(C(F)(F)F)cc3)ccnc21. The Bertz CT molecular complexity index is 1630. The molecule has 2 fully saturated rings. The van der Waals surface area contributed by atoms with Crippen LogP contribution in [-0.2, 0) is 28.7 Å². The molecule has 224 valence electrons. The van der Waals surface area contributed by atoms with Crippen LogP contribution in [0.15, 0.2) is 73.1 Å². The number of pyridine rings is 1. The van der Waals surface area contributed by atoms with E-state index in [0.717, 1.165) is 54.3 Å². The summed E-state index contributed by atoms with van der Waals surface area (Å²) in [6.45, 7) is 4.48. The van der Waals surface area contributed by atoms with Crippen LogP contribution >= 0.6 is 0 Å². The van der Waals surface area contributed by atoms with E-state index in [-0.39, 0.29) is 35.4 Å². The number of benzene rings is 2. The zero-order valence-corrected chi connectivity index (χ0v) is 24.2. The van der Waals surface area contributed by atoms with Gasteiger partial charge in [0.1, 0.15) is 11.8 Å². The minimum Gasteiger partial charge on any atom is -0.458 e. The zero-order valence-electron chi connectivity index (χ0n) is 24.2. The maximum Gasteiger partial charge on any atom is 0.416 e. The summed E-state index contributed by atoms with van der Waals surface area (Å²) in [7, 11) is 0. The molecule has 2 aliphatic carbocycles. The summed E-state index contributed by atoms with van der Waals surface area (Å²) in [5, 5.41) is 3.89. The molecule has 1 atom stereocenters. The van der Waals surface area contributed by atoms with E-state index in [0.29, 0.717) is 29.7 Å². The average molecular weight is 590 g/mol. The van der Waals surface area contributed by atoms with Crippen molar-refractivity contribution in [3.8, 4) is 0 Å². The molecule has 9 heteroatoms. The minimum absolute atomic E-state index is 0.0165. The third-order valence-corrected chi connectivity index (χ3v) is 9.05. The fourth-order valence-corrected chi connectivity index (χ4v) is 6.77. The van der Waals surface area contributed by atoms with E-state index in [9.17, 15) is 22.8 Å². The van der Waals surface area contributed by atoms with Crippen molar-refractivity contribution in [2.75, 3.05) is 0 Å². The van der Waals surface area contributed by atoms with E-state index in [2.05, 4.69) is 10.3 Å². The molecule has 0 unspecified atom stereocenters. The van der Waals surface area contributed by atoms with Gasteiger partial charge in [-0.05, 0) is 86.3 Å². The van der Waals surface area contributed by atoms with Crippen LogP contribution in [0.1, 0.15) is 78.2 Å². The van der Waals surface area contributed by atoms with E-state index < -0.39 is 11.7 Å². The van der Waals surface area contributed by atoms with Crippen LogP contribution < -0.4 is 5.32 Å². The first-order valence-electron chi connectivity index (χ1n) is 14.7. The Balaban J connectivity index is 1.09. The normalized spacial score (nSPS) is 22.1. The number of alkyl halides is 3. The summed E-state index contributed by atoms with van der Waals surface area (Å²) in [6, 6.07) is 16.6. The number of carbonyl (C=O) groups is 2. The Morgan fingerprint density at radius 3 is 2.40 bits per heavy atom. The largest absolute Gasteiger partial charge is 0.458 e. The van der Waals surface area contributed by atoms with Gasteiger partial charge in [0.2, 0.25) is 0 Å². The predicted molar refractivity (Wildman–Crippen MR) is 156 cm³/mol. The molecule has 0 saturated heterocycles. The number of hydrogen-bond acceptors (Lipinski definition) is 4. The topological polar surface area (TPSA) is 73.2 Å². The second-order valence-corrected chi connectivity index (χ2v) is 12.0. The molecule has 2 aromatic heterocycles. The third kappa shape index (κ3) is 5.77. The number of ether oxygens (including phenoxy) is 1. The highest BCUT2D eigenvalue weighted by Gasteiger charge is 2.55. The van der Waals surface area contributed by atoms with Gasteiger partial charge in [-0.1, -0.05) is 42.5 Å². The standard InChI is InChI=1S/C34H34F3N3O3/c1-3-40-20-28(29-24(13-14-38-30(29)40)15-22-9-11-26(12-10-22)34(35,36)37)31(41)39-27-18-33(19-27)16-25(17-33)32(42)43-21(2)23-7-5-4-6-8-23/h4-14,20-21,25,27H,3,15-19H2,1-2H3,(H,39,41)/t21-,25?,27?,33?/m0/s1. The molecule has 0 bridgehead atoms. The number of carbonyl (C=O) groups excluding carboxylic acids is 2. The molecule has 2 aliphatic rings. The molecule has 43 heavy (non-hydrogen) atoms. The summed E-state index contributed by atoms with van der Waals surface area (Å²) < 4.78 is 46.7. The fraction of sp³-hybridized carbons (Fsp3) is 0.382. The Morgan fingerprint density at radius 1 is 1.05 bits per heavy atom. The molecule has 1 spiro atoms. The van der Waals surface area contributed by atoms with Crippen molar-refractivity contribution in [3.05, 3.63) is 101 Å². The first-order chi connectivity index (χ1) is 20.5. The lowest BCUT2D eigenvalue weighted by atomic mass is 9.50. The number of fused-ring (bicyclic) bond motifs is 1. The van der Waals surface area contributed by atoms with Crippen LogP contribution in [0.4, 0.5) is 13.2 Å². The second-order valence-electron chi connectivity index (χ2n) is 12.0. The van der Waals surface area contributed by atoms with Crippen LogP contribution in [0.5, 0.6) is 0 Å². The Morgan fingerprint density at radius 2 is 1.74 bits per heavy atom. The summed E-state index contributed by atoms with van der Waals surface area (Å²) >= 11 is 0. The van der Waals surface area contributed by atoms with Crippen LogP contribution in [0.25, 0.3) is 11.0 Å². The highest BCUT2D eigenvalue weighted by molar-refractivity contribution is 6.07. The predicted octanol–water partition coefficient (Wildman–Crippen LogP) is 7.26. The van der Waals surface area contributed by atoms with Gasteiger partial charge in [-0.3, -0.25) is 9.59 Å². The maximum atomic E-state index is 13.5. The Kier molecular flexibility index (Phi) is 7.52. The number of esters is 1. The minimum atomic E-state index is -4.39. The number of rotatable bonds is 8. The lowest BCUT2D eigenvalue weighted by Crippen LogP contribution is -2.57. The third-order valence-electron chi connectivity index (χ3n) is 9.05. The van der Waals surface area contributed by atoms with Gasteiger partial charge in [-0.25, -0.2) is 4.98 Å². The van der Waals surface area contributed by atoms with Crippen molar-refractivity contribution in [1.29, 1.82) is 0 Å². The number of aryl methyl sites for hydroxylation is 1. The molecule has 6 nitrogen and oxygen atoms in total. The molecule has 0 radical (unpaired) electrons. The van der Waals surface area contributed by atoms with Gasteiger partial charge in [-0.2, -0.15) is 13.2 Å². The lowest BCUT2D eigenvalue weighted by molar-refractivity contribution is -0.167. The maximum absolute atomic E-state index is 13.5. The molecule has 4 aromatic rings. The van der Waals surface area contributed by atoms with Crippen molar-refractivity contribution >= 4 is 22.9 Å². The summed E-state index contributed by atoms with van der Waals surface area (Å²) in [6.07, 6.45) is 2.36. The quantitative estimate of drug-likeness (QED) is 0.220. The van der Waals surface area contributed by atoms with E-state index in [1.165, 1.54) is 12.1 Å². The first kappa shape index (κ1) is 29.0. The van der Waals surface area contributed by atoms with Crippen molar-refractivity contribution in [2.45, 2.75) is 70.8 Å². The summed E-state index contributed by atoms with van der Waals surface area (Å²) in [5.41, 5.74) is 3.08.